The van der Waals surface area contributed by atoms with Gasteiger partial charge in [0.25, 0.3) is 0 Å². The maximum absolute atomic E-state index is 11.4. The standard InChI is InChI=1S/C12H23N.C9H17NO5/c1-3-7-11(8-4-1)13-12-9-5-2-6-10-12;1-9(2,3)15-8(13)6(14-4)5(10)7(11)12/h11-13H,1-10H2;5-6H,10H2,1-4H3,(H,11,12)/t;5?,6-/m.0/s1. The number of carboxylic acids is 1. The molecule has 7 heteroatoms. The van der Waals surface area contributed by atoms with Gasteiger partial charge in [0.2, 0.25) is 0 Å². The predicted octanol–water partition coefficient (Wildman–Crippen LogP) is 3.00. The van der Waals surface area contributed by atoms with Crippen LogP contribution in [0.2, 0.25) is 0 Å². The van der Waals surface area contributed by atoms with Crippen molar-refractivity contribution < 1.29 is 24.2 Å². The lowest BCUT2D eigenvalue weighted by atomic mass is 9.91. The lowest BCUT2D eigenvalue weighted by Gasteiger charge is -2.30. The molecule has 2 atom stereocenters. The molecule has 0 radical (unpaired) electrons. The number of carbonyl (C=O) groups excluding carboxylic acids is 1. The highest BCUT2D eigenvalue weighted by Crippen LogP contribution is 2.22. The maximum atomic E-state index is 11.4. The summed E-state index contributed by atoms with van der Waals surface area (Å²) in [5, 5.41) is 12.5. The number of rotatable bonds is 6. The van der Waals surface area contributed by atoms with Crippen LogP contribution in [0.15, 0.2) is 0 Å². The zero-order chi connectivity index (χ0) is 21.2. The summed E-state index contributed by atoms with van der Waals surface area (Å²) in [4.78, 5) is 22.0. The maximum Gasteiger partial charge on any atom is 0.338 e. The molecule has 0 amide bonds. The summed E-state index contributed by atoms with van der Waals surface area (Å²) in [7, 11) is 1.21. The highest BCUT2D eigenvalue weighted by atomic mass is 16.6. The molecule has 0 bridgehead atoms. The summed E-state index contributed by atoms with van der Waals surface area (Å²) >= 11 is 0. The number of aliphatic carboxylic acids is 1. The molecule has 0 spiro atoms. The van der Waals surface area contributed by atoms with E-state index in [0.29, 0.717) is 0 Å². The third-order valence-electron chi connectivity index (χ3n) is 5.19. The first-order chi connectivity index (χ1) is 13.1. The second kappa shape index (κ2) is 12.4. The number of hydrogen-bond donors (Lipinski definition) is 3. The van der Waals surface area contributed by atoms with Gasteiger partial charge in [-0.15, -0.1) is 0 Å². The first kappa shape index (κ1) is 24.9. The van der Waals surface area contributed by atoms with Gasteiger partial charge >= 0.3 is 11.9 Å². The smallest absolute Gasteiger partial charge is 0.338 e. The highest BCUT2D eigenvalue weighted by molar-refractivity contribution is 5.85. The van der Waals surface area contributed by atoms with Crippen LogP contribution in [-0.4, -0.2) is 54.0 Å². The van der Waals surface area contributed by atoms with E-state index in [9.17, 15) is 9.59 Å². The van der Waals surface area contributed by atoms with Crippen LogP contribution >= 0.6 is 0 Å². The SMILES string of the molecule is C1CCC(NC2CCCCC2)CC1.CO[C@H](C(=O)OC(C)(C)C)C(N)C(=O)O. The van der Waals surface area contributed by atoms with Crippen molar-refractivity contribution in [2.75, 3.05) is 7.11 Å². The fourth-order valence-corrected chi connectivity index (χ4v) is 3.75. The van der Waals surface area contributed by atoms with Crippen molar-refractivity contribution in [1.82, 2.24) is 5.32 Å². The molecule has 0 saturated heterocycles. The number of carbonyl (C=O) groups is 2. The Morgan fingerprint density at radius 3 is 1.71 bits per heavy atom. The monoisotopic (exact) mass is 400 g/mol. The minimum Gasteiger partial charge on any atom is -0.480 e. The molecule has 2 aliphatic carbocycles. The molecular formula is C21H40N2O5. The second-order valence-corrected chi connectivity index (χ2v) is 8.89. The number of esters is 1. The van der Waals surface area contributed by atoms with Crippen molar-refractivity contribution in [3.8, 4) is 0 Å². The molecule has 28 heavy (non-hydrogen) atoms. The van der Waals surface area contributed by atoms with Crippen LogP contribution in [0.5, 0.6) is 0 Å². The molecule has 7 nitrogen and oxygen atoms in total. The summed E-state index contributed by atoms with van der Waals surface area (Å²) in [6.07, 6.45) is 13.3. The summed E-state index contributed by atoms with van der Waals surface area (Å²) < 4.78 is 9.66. The van der Waals surface area contributed by atoms with Gasteiger partial charge in [0.1, 0.15) is 11.6 Å². The average molecular weight is 401 g/mol. The van der Waals surface area contributed by atoms with E-state index in [1.807, 2.05) is 0 Å². The summed E-state index contributed by atoms with van der Waals surface area (Å²) in [6.45, 7) is 5.01. The molecule has 0 aromatic heterocycles. The Morgan fingerprint density at radius 1 is 0.964 bits per heavy atom. The van der Waals surface area contributed by atoms with Gasteiger partial charge in [0.15, 0.2) is 6.10 Å². The fourth-order valence-electron chi connectivity index (χ4n) is 3.75. The zero-order valence-corrected chi connectivity index (χ0v) is 18.0. The molecule has 2 rings (SSSR count). The summed E-state index contributed by atoms with van der Waals surface area (Å²) in [6, 6.07) is 0.318. The van der Waals surface area contributed by atoms with Crippen molar-refractivity contribution in [1.29, 1.82) is 0 Å². The minimum atomic E-state index is -1.43. The molecule has 0 aromatic carbocycles. The van der Waals surface area contributed by atoms with E-state index in [4.69, 9.17) is 20.3 Å². The third kappa shape index (κ3) is 9.85. The van der Waals surface area contributed by atoms with Crippen molar-refractivity contribution in [2.24, 2.45) is 5.73 Å². The van der Waals surface area contributed by atoms with E-state index in [-0.39, 0.29) is 0 Å². The highest BCUT2D eigenvalue weighted by Gasteiger charge is 2.34. The first-order valence-electron chi connectivity index (χ1n) is 10.6. The number of methoxy groups -OCH3 is 1. The Kier molecular flexibility index (Phi) is 11.0. The van der Waals surface area contributed by atoms with Gasteiger partial charge in [-0.1, -0.05) is 38.5 Å². The molecule has 0 aliphatic heterocycles. The van der Waals surface area contributed by atoms with Crippen LogP contribution in [0.3, 0.4) is 0 Å². The van der Waals surface area contributed by atoms with E-state index < -0.39 is 29.7 Å². The van der Waals surface area contributed by atoms with Crippen LogP contribution in [0.1, 0.15) is 85.0 Å². The Morgan fingerprint density at radius 2 is 1.39 bits per heavy atom. The number of carboxylic acid groups (broad SMARTS) is 1. The van der Waals surface area contributed by atoms with Crippen LogP contribution in [0.25, 0.3) is 0 Å². The third-order valence-corrected chi connectivity index (χ3v) is 5.19. The van der Waals surface area contributed by atoms with Gasteiger partial charge in [-0.3, -0.25) is 4.79 Å². The Bertz CT molecular complexity index is 450. The second-order valence-electron chi connectivity index (χ2n) is 8.89. The zero-order valence-electron chi connectivity index (χ0n) is 18.0. The van der Waals surface area contributed by atoms with Gasteiger partial charge in [0.05, 0.1) is 0 Å². The van der Waals surface area contributed by atoms with Crippen molar-refractivity contribution in [3.05, 3.63) is 0 Å². The Labute approximate surface area is 169 Å². The largest absolute Gasteiger partial charge is 0.480 e. The topological polar surface area (TPSA) is 111 Å². The van der Waals surface area contributed by atoms with E-state index >= 15 is 0 Å². The van der Waals surface area contributed by atoms with Crippen LogP contribution in [0.4, 0.5) is 0 Å². The van der Waals surface area contributed by atoms with Crippen LogP contribution < -0.4 is 11.1 Å². The molecule has 0 heterocycles. The molecule has 2 saturated carbocycles. The van der Waals surface area contributed by atoms with Gasteiger partial charge in [-0.25, -0.2) is 4.79 Å². The fraction of sp³-hybridized carbons (Fsp3) is 0.905. The molecule has 2 aliphatic rings. The van der Waals surface area contributed by atoms with Crippen molar-refractivity contribution in [2.45, 2.75) is 115 Å². The van der Waals surface area contributed by atoms with Gasteiger partial charge in [-0.2, -0.15) is 0 Å². The van der Waals surface area contributed by atoms with E-state index in [2.05, 4.69) is 5.32 Å². The molecule has 0 aromatic rings. The van der Waals surface area contributed by atoms with Crippen LogP contribution in [0, 0.1) is 0 Å². The first-order valence-corrected chi connectivity index (χ1v) is 10.6. The van der Waals surface area contributed by atoms with Crippen LogP contribution in [-0.2, 0) is 19.1 Å². The molecule has 1 unspecified atom stereocenters. The Hall–Kier alpha value is -1.18. The van der Waals surface area contributed by atoms with Gasteiger partial charge < -0.3 is 25.6 Å². The normalized spacial score (nSPS) is 21.2. The molecule has 4 N–H and O–H groups in total. The predicted molar refractivity (Wildman–Crippen MR) is 109 cm³/mol. The van der Waals surface area contributed by atoms with Crippen molar-refractivity contribution >= 4 is 11.9 Å². The number of ether oxygens (including phenoxy) is 2. The number of hydrogen-bond acceptors (Lipinski definition) is 6. The summed E-state index contributed by atoms with van der Waals surface area (Å²) in [5.41, 5.74) is 4.56. The lowest BCUT2D eigenvalue weighted by Crippen LogP contribution is -2.49. The quantitative estimate of drug-likeness (QED) is 0.588. The van der Waals surface area contributed by atoms with Gasteiger partial charge in [0, 0.05) is 19.2 Å². The number of nitrogens with two attached hydrogens (primary N) is 1. The van der Waals surface area contributed by atoms with Gasteiger partial charge in [-0.05, 0) is 46.5 Å². The average Bonchev–Trinajstić information content (AvgIpc) is 2.63. The Balaban J connectivity index is 0.000000281. The number of nitrogens with one attached hydrogen (secondary N) is 1. The summed E-state index contributed by atoms with van der Waals surface area (Å²) in [5.74, 6) is -2.09. The van der Waals surface area contributed by atoms with Crippen molar-refractivity contribution in [3.63, 3.8) is 0 Å². The molecule has 164 valence electrons. The molecular weight excluding hydrogens is 360 g/mol. The minimum absolute atomic E-state index is 0.702. The van der Waals surface area contributed by atoms with E-state index in [1.54, 1.807) is 20.8 Å². The molecule has 2 fully saturated rings. The lowest BCUT2D eigenvalue weighted by molar-refractivity contribution is -0.171. The van der Waals surface area contributed by atoms with E-state index in [1.165, 1.54) is 71.3 Å². The van der Waals surface area contributed by atoms with E-state index in [0.717, 1.165) is 12.1 Å².